The number of alkyl carbamates (subject to hydrolysis) is 1. The van der Waals surface area contributed by atoms with E-state index in [1.807, 2.05) is 50.4 Å². The second kappa shape index (κ2) is 9.90. The lowest BCUT2D eigenvalue weighted by Crippen LogP contribution is -2.56. The van der Waals surface area contributed by atoms with Gasteiger partial charge in [0.05, 0.1) is 17.8 Å². The van der Waals surface area contributed by atoms with E-state index in [4.69, 9.17) is 20.6 Å². The molecule has 5 rings (SSSR count). The highest BCUT2D eigenvalue weighted by Crippen LogP contribution is 2.40. The Morgan fingerprint density at radius 3 is 2.74 bits per heavy atom. The number of hydrogen-bond donors (Lipinski definition) is 2. The zero-order chi connectivity index (χ0) is 27.2. The third kappa shape index (κ3) is 4.57. The second-order valence-electron chi connectivity index (χ2n) is 10.8. The van der Waals surface area contributed by atoms with E-state index in [9.17, 15) is 9.59 Å². The van der Waals surface area contributed by atoms with Crippen LogP contribution in [-0.4, -0.2) is 63.8 Å². The number of aryl methyl sites for hydroxylation is 2. The summed E-state index contributed by atoms with van der Waals surface area (Å²) in [5.74, 6) is 0.715. The van der Waals surface area contributed by atoms with Gasteiger partial charge in [0.2, 0.25) is 0 Å². The number of likely N-dealkylation sites (N-methyl/N-ethyl adjacent to an activating group) is 1. The summed E-state index contributed by atoms with van der Waals surface area (Å²) in [6.45, 7) is 9.20. The number of amides is 2. The predicted molar refractivity (Wildman–Crippen MR) is 145 cm³/mol. The molecule has 1 unspecified atom stereocenters. The Hall–Kier alpha value is -3.66. The molecule has 2 aliphatic rings. The molecule has 1 aromatic carbocycles. The van der Waals surface area contributed by atoms with E-state index in [2.05, 4.69) is 10.2 Å². The summed E-state index contributed by atoms with van der Waals surface area (Å²) in [5.41, 5.74) is 9.22. The van der Waals surface area contributed by atoms with Crippen molar-refractivity contribution in [3.8, 4) is 0 Å². The van der Waals surface area contributed by atoms with Gasteiger partial charge in [0, 0.05) is 44.0 Å². The molecular formula is C28H37N7O3. The van der Waals surface area contributed by atoms with E-state index in [-0.39, 0.29) is 24.1 Å². The smallest absolute Gasteiger partial charge is 0.408 e. The standard InChI is InChI=1S/C28H37N7O3/c1-17(2)38-27(37)31-28(12-10-20-8-6-7-9-22(20)28)26(36)33(5)19(4)23-14-24-30-25(18(3)15-35(24)32-23)34-13-11-21(29)16-34/h6-9,14-15,17,19,21H,10-13,16,29H2,1-5H3,(H,31,37)/t19-,21-,28?/m0/s1. The van der Waals surface area contributed by atoms with Crippen LogP contribution in [0.15, 0.2) is 36.5 Å². The summed E-state index contributed by atoms with van der Waals surface area (Å²) in [4.78, 5) is 35.7. The van der Waals surface area contributed by atoms with Crippen molar-refractivity contribution >= 4 is 23.5 Å². The first kappa shape index (κ1) is 26.0. The fraction of sp³-hybridized carbons (Fsp3) is 0.500. The van der Waals surface area contributed by atoms with Gasteiger partial charge in [0.1, 0.15) is 11.4 Å². The van der Waals surface area contributed by atoms with Crippen molar-refractivity contribution in [1.82, 2.24) is 24.8 Å². The maximum atomic E-state index is 14.2. The molecule has 10 nitrogen and oxygen atoms in total. The molecule has 1 aliphatic carbocycles. The van der Waals surface area contributed by atoms with Gasteiger partial charge in [-0.05, 0) is 58.1 Å². The number of nitrogens with two attached hydrogens (primary N) is 1. The molecule has 1 fully saturated rings. The van der Waals surface area contributed by atoms with E-state index < -0.39 is 11.6 Å². The number of anilines is 1. The van der Waals surface area contributed by atoms with Crippen LogP contribution < -0.4 is 16.0 Å². The van der Waals surface area contributed by atoms with Crippen LogP contribution >= 0.6 is 0 Å². The molecule has 0 radical (unpaired) electrons. The van der Waals surface area contributed by atoms with E-state index >= 15 is 0 Å². The van der Waals surface area contributed by atoms with Crippen molar-refractivity contribution in [3.63, 3.8) is 0 Å². The number of carbonyl (C=O) groups excluding carboxylic acids is 2. The largest absolute Gasteiger partial charge is 0.447 e. The van der Waals surface area contributed by atoms with Gasteiger partial charge in [-0.15, -0.1) is 0 Å². The molecule has 0 spiro atoms. The van der Waals surface area contributed by atoms with E-state index in [0.717, 1.165) is 42.0 Å². The molecule has 10 heteroatoms. The molecule has 3 aromatic rings. The number of nitrogens with one attached hydrogen (secondary N) is 1. The molecule has 3 heterocycles. The molecule has 3 N–H and O–H groups in total. The molecule has 1 aliphatic heterocycles. The Balaban J connectivity index is 1.44. The quantitative estimate of drug-likeness (QED) is 0.514. The molecule has 2 aromatic heterocycles. The fourth-order valence-electron chi connectivity index (χ4n) is 5.63. The highest BCUT2D eigenvalue weighted by Gasteiger charge is 2.49. The third-order valence-corrected chi connectivity index (χ3v) is 7.75. The van der Waals surface area contributed by atoms with Crippen LogP contribution in [-0.2, 0) is 21.5 Å². The first-order chi connectivity index (χ1) is 18.1. The molecule has 1 saturated heterocycles. The normalized spacial score (nSPS) is 21.6. The summed E-state index contributed by atoms with van der Waals surface area (Å²) in [5, 5.41) is 7.70. The molecule has 0 saturated carbocycles. The Bertz CT molecular complexity index is 1370. The maximum Gasteiger partial charge on any atom is 0.408 e. The number of hydrogen-bond acceptors (Lipinski definition) is 7. The zero-order valence-corrected chi connectivity index (χ0v) is 22.8. The van der Waals surface area contributed by atoms with Crippen molar-refractivity contribution in [3.05, 3.63) is 58.9 Å². The van der Waals surface area contributed by atoms with E-state index in [1.165, 1.54) is 0 Å². The van der Waals surface area contributed by atoms with E-state index in [0.29, 0.717) is 24.2 Å². The lowest BCUT2D eigenvalue weighted by Gasteiger charge is -2.36. The van der Waals surface area contributed by atoms with Crippen molar-refractivity contribution in [2.24, 2.45) is 5.73 Å². The van der Waals surface area contributed by atoms with Gasteiger partial charge in [-0.2, -0.15) is 5.10 Å². The number of nitrogens with zero attached hydrogens (tertiary/aromatic N) is 5. The minimum Gasteiger partial charge on any atom is -0.447 e. The van der Waals surface area contributed by atoms with Gasteiger partial charge in [-0.3, -0.25) is 4.79 Å². The lowest BCUT2D eigenvalue weighted by molar-refractivity contribution is -0.139. The van der Waals surface area contributed by atoms with Crippen LogP contribution in [0.4, 0.5) is 10.6 Å². The Labute approximate surface area is 223 Å². The average Bonchev–Trinajstić information content (AvgIpc) is 3.59. The van der Waals surface area contributed by atoms with Crippen LogP contribution in [0.25, 0.3) is 5.65 Å². The highest BCUT2D eigenvalue weighted by molar-refractivity contribution is 5.92. The van der Waals surface area contributed by atoms with E-state index in [1.54, 1.807) is 30.3 Å². The molecule has 3 atom stereocenters. The Morgan fingerprint density at radius 2 is 2.03 bits per heavy atom. The first-order valence-electron chi connectivity index (χ1n) is 13.3. The van der Waals surface area contributed by atoms with Crippen LogP contribution in [0.3, 0.4) is 0 Å². The fourth-order valence-corrected chi connectivity index (χ4v) is 5.63. The van der Waals surface area contributed by atoms with Crippen molar-refractivity contribution < 1.29 is 14.3 Å². The van der Waals surface area contributed by atoms with Crippen molar-refractivity contribution in [2.45, 2.75) is 70.7 Å². The predicted octanol–water partition coefficient (Wildman–Crippen LogP) is 3.07. The Morgan fingerprint density at radius 1 is 1.26 bits per heavy atom. The molecule has 0 bridgehead atoms. The SMILES string of the molecule is Cc1cn2nc([C@H](C)N(C)C(=O)C3(NC(=O)OC(C)C)CCc4ccccc43)cc2nc1N1CC[C@H](N)C1. The summed E-state index contributed by atoms with van der Waals surface area (Å²) >= 11 is 0. The molecule has 38 heavy (non-hydrogen) atoms. The molecule has 2 amide bonds. The van der Waals surface area contributed by atoms with Crippen LogP contribution in [0.2, 0.25) is 0 Å². The average molecular weight is 520 g/mol. The van der Waals surface area contributed by atoms with Crippen molar-refractivity contribution in [2.75, 3.05) is 25.0 Å². The van der Waals surface area contributed by atoms with Gasteiger partial charge < -0.3 is 25.6 Å². The van der Waals surface area contributed by atoms with Gasteiger partial charge in [0.15, 0.2) is 5.65 Å². The number of ether oxygens (including phenoxy) is 1. The second-order valence-corrected chi connectivity index (χ2v) is 10.8. The van der Waals surface area contributed by atoms with Crippen LogP contribution in [0.1, 0.15) is 62.0 Å². The van der Waals surface area contributed by atoms with Gasteiger partial charge in [-0.1, -0.05) is 24.3 Å². The third-order valence-electron chi connectivity index (χ3n) is 7.75. The zero-order valence-electron chi connectivity index (χ0n) is 22.8. The van der Waals surface area contributed by atoms with Gasteiger partial charge in [-0.25, -0.2) is 14.3 Å². The molecule has 202 valence electrons. The number of aromatic nitrogens is 3. The Kier molecular flexibility index (Phi) is 6.77. The number of carbonyl (C=O) groups is 2. The van der Waals surface area contributed by atoms with Crippen molar-refractivity contribution in [1.29, 1.82) is 0 Å². The van der Waals surface area contributed by atoms with Gasteiger partial charge in [0.25, 0.3) is 5.91 Å². The minimum atomic E-state index is -1.21. The number of rotatable bonds is 6. The summed E-state index contributed by atoms with van der Waals surface area (Å²) in [7, 11) is 1.75. The topological polar surface area (TPSA) is 118 Å². The summed E-state index contributed by atoms with van der Waals surface area (Å²) in [6.07, 6.45) is 3.16. The van der Waals surface area contributed by atoms with Gasteiger partial charge >= 0.3 is 6.09 Å². The first-order valence-corrected chi connectivity index (χ1v) is 13.3. The van der Waals surface area contributed by atoms with Crippen LogP contribution in [0.5, 0.6) is 0 Å². The summed E-state index contributed by atoms with van der Waals surface area (Å²) < 4.78 is 7.14. The highest BCUT2D eigenvalue weighted by atomic mass is 16.6. The lowest BCUT2D eigenvalue weighted by atomic mass is 9.89. The maximum absolute atomic E-state index is 14.2. The van der Waals surface area contributed by atoms with Crippen LogP contribution in [0, 0.1) is 6.92 Å². The number of fused-ring (bicyclic) bond motifs is 2. The molecular weight excluding hydrogens is 482 g/mol. The monoisotopic (exact) mass is 519 g/mol. The number of benzene rings is 1. The minimum absolute atomic E-state index is 0.159. The summed E-state index contributed by atoms with van der Waals surface area (Å²) in [6, 6.07) is 9.48.